The van der Waals surface area contributed by atoms with E-state index >= 15 is 0 Å². The third-order valence-corrected chi connectivity index (χ3v) is 11.8. The fourth-order valence-corrected chi connectivity index (χ4v) is 9.24. The smallest absolute Gasteiger partial charge is 0.244 e. The standard InChI is InChI=1S/C50H35BN2O/c1-50(2,3)33-25-31(24-32(26-33)43-27-30(22-23-52-43)29-12-5-4-6-13-29)42-21-20-38-34-14-7-8-16-36(34)46-45-39-18-11-17-37-35-15-9-10-19-40(35)51(48(37)39)41(45)28-44(54)47(46)49(38)53-42/h4-28,54H,1-3H3. The zero-order chi connectivity index (χ0) is 36.3. The minimum atomic E-state index is -0.104. The molecule has 2 aliphatic rings. The highest BCUT2D eigenvalue weighted by molar-refractivity contribution is 7.02. The maximum Gasteiger partial charge on any atom is 0.244 e. The highest BCUT2D eigenvalue weighted by Gasteiger charge is 2.43. The van der Waals surface area contributed by atoms with Crippen LogP contribution in [0.1, 0.15) is 26.3 Å². The molecule has 0 amide bonds. The lowest BCUT2D eigenvalue weighted by Crippen LogP contribution is -2.45. The molecule has 4 heteroatoms. The van der Waals surface area contributed by atoms with E-state index in [4.69, 9.17) is 9.97 Å². The first-order valence-electron chi connectivity index (χ1n) is 18.7. The first kappa shape index (κ1) is 31.1. The van der Waals surface area contributed by atoms with Crippen molar-refractivity contribution in [1.29, 1.82) is 0 Å². The normalized spacial score (nSPS) is 12.8. The number of phenols is 1. The molecule has 9 aromatic rings. The van der Waals surface area contributed by atoms with Crippen LogP contribution < -0.4 is 16.4 Å². The highest BCUT2D eigenvalue weighted by atomic mass is 16.3. The molecule has 0 radical (unpaired) electrons. The van der Waals surface area contributed by atoms with E-state index in [1.165, 1.54) is 44.2 Å². The van der Waals surface area contributed by atoms with Gasteiger partial charge in [0.05, 0.1) is 22.3 Å². The van der Waals surface area contributed by atoms with E-state index in [1.54, 1.807) is 0 Å². The van der Waals surface area contributed by atoms with E-state index in [1.807, 2.05) is 18.3 Å². The Morgan fingerprint density at radius 2 is 1.24 bits per heavy atom. The fraction of sp³-hybridized carbons (Fsp3) is 0.0800. The van der Waals surface area contributed by atoms with Crippen molar-refractivity contribution in [2.24, 2.45) is 0 Å². The molecule has 0 bridgehead atoms. The molecule has 0 fully saturated rings. The zero-order valence-electron chi connectivity index (χ0n) is 30.4. The van der Waals surface area contributed by atoms with Crippen LogP contribution in [0.5, 0.6) is 5.75 Å². The average Bonchev–Trinajstić information content (AvgIpc) is 3.73. The lowest BCUT2D eigenvalue weighted by molar-refractivity contribution is 0.482. The Morgan fingerprint density at radius 1 is 0.519 bits per heavy atom. The molecule has 7 aromatic carbocycles. The predicted octanol–water partition coefficient (Wildman–Crippen LogP) is 10.4. The van der Waals surface area contributed by atoms with Crippen LogP contribution in [-0.2, 0) is 5.41 Å². The summed E-state index contributed by atoms with van der Waals surface area (Å²) in [5, 5.41) is 17.4. The Hall–Kier alpha value is -6.52. The average molecular weight is 691 g/mol. The Bertz CT molecular complexity index is 3050. The van der Waals surface area contributed by atoms with Gasteiger partial charge in [-0.05, 0) is 104 Å². The largest absolute Gasteiger partial charge is 0.507 e. The van der Waals surface area contributed by atoms with Crippen LogP contribution in [0, 0.1) is 0 Å². The van der Waals surface area contributed by atoms with Crippen molar-refractivity contribution >= 4 is 55.5 Å². The van der Waals surface area contributed by atoms with Crippen LogP contribution in [-0.4, -0.2) is 21.8 Å². The number of nitrogens with zero attached hydrogens (tertiary/aromatic N) is 2. The summed E-state index contributed by atoms with van der Waals surface area (Å²) in [4.78, 5) is 10.4. The Balaban J connectivity index is 1.17. The van der Waals surface area contributed by atoms with E-state index < -0.39 is 0 Å². The highest BCUT2D eigenvalue weighted by Crippen LogP contribution is 2.46. The lowest BCUT2D eigenvalue weighted by atomic mass is 9.41. The molecule has 0 unspecified atom stereocenters. The molecular formula is C50H35BN2O. The molecule has 0 aliphatic carbocycles. The number of phenolic OH excluding ortho intramolecular Hbond substituents is 1. The molecule has 0 saturated heterocycles. The quantitative estimate of drug-likeness (QED) is 0.148. The monoisotopic (exact) mass is 690 g/mol. The summed E-state index contributed by atoms with van der Waals surface area (Å²) in [5.74, 6) is 0.272. The van der Waals surface area contributed by atoms with E-state index in [9.17, 15) is 5.11 Å². The number of rotatable bonds is 3. The number of hydrogen-bond acceptors (Lipinski definition) is 3. The van der Waals surface area contributed by atoms with Crippen LogP contribution in [0.25, 0.3) is 88.3 Å². The topological polar surface area (TPSA) is 46.0 Å². The second-order valence-corrected chi connectivity index (χ2v) is 15.9. The summed E-state index contributed by atoms with van der Waals surface area (Å²) in [7, 11) is 0. The van der Waals surface area contributed by atoms with Gasteiger partial charge in [0, 0.05) is 28.1 Å². The van der Waals surface area contributed by atoms with E-state index in [0.717, 1.165) is 66.1 Å². The Morgan fingerprint density at radius 3 is 2.07 bits per heavy atom. The second kappa shape index (κ2) is 11.2. The number of fused-ring (bicyclic) bond motifs is 13. The van der Waals surface area contributed by atoms with Gasteiger partial charge >= 0.3 is 0 Å². The summed E-state index contributed by atoms with van der Waals surface area (Å²) >= 11 is 0. The van der Waals surface area contributed by atoms with Gasteiger partial charge in [0.1, 0.15) is 5.75 Å². The van der Waals surface area contributed by atoms with Crippen molar-refractivity contribution in [2.45, 2.75) is 26.2 Å². The molecule has 4 heterocycles. The summed E-state index contributed by atoms with van der Waals surface area (Å²) in [6, 6.07) is 51.9. The predicted molar refractivity (Wildman–Crippen MR) is 227 cm³/mol. The summed E-state index contributed by atoms with van der Waals surface area (Å²) in [6.45, 7) is 6.84. The van der Waals surface area contributed by atoms with E-state index in [0.29, 0.717) is 0 Å². The zero-order valence-corrected chi connectivity index (χ0v) is 30.4. The Labute approximate surface area is 314 Å². The number of hydrogen-bond donors (Lipinski definition) is 1. The molecule has 0 spiro atoms. The first-order chi connectivity index (χ1) is 26.3. The molecule has 0 saturated carbocycles. The van der Waals surface area contributed by atoms with Gasteiger partial charge in [-0.25, -0.2) is 4.98 Å². The van der Waals surface area contributed by atoms with Gasteiger partial charge in [-0.15, -0.1) is 0 Å². The van der Waals surface area contributed by atoms with Gasteiger partial charge in [0.2, 0.25) is 6.71 Å². The summed E-state index contributed by atoms with van der Waals surface area (Å²) in [5.41, 5.74) is 16.9. The number of aromatic nitrogens is 2. The van der Waals surface area contributed by atoms with Crippen molar-refractivity contribution in [3.8, 4) is 61.6 Å². The lowest BCUT2D eigenvalue weighted by Gasteiger charge is -2.22. The van der Waals surface area contributed by atoms with Gasteiger partial charge in [-0.1, -0.05) is 134 Å². The van der Waals surface area contributed by atoms with Crippen molar-refractivity contribution in [1.82, 2.24) is 9.97 Å². The van der Waals surface area contributed by atoms with Crippen molar-refractivity contribution in [3.05, 3.63) is 157 Å². The summed E-state index contributed by atoms with van der Waals surface area (Å²) in [6.07, 6.45) is 1.90. The molecule has 2 aromatic heterocycles. The molecule has 0 atom stereocenters. The summed E-state index contributed by atoms with van der Waals surface area (Å²) < 4.78 is 0. The van der Waals surface area contributed by atoms with Crippen molar-refractivity contribution in [3.63, 3.8) is 0 Å². The van der Waals surface area contributed by atoms with Crippen LogP contribution in [0.3, 0.4) is 0 Å². The molecule has 1 N–H and O–H groups in total. The maximum absolute atomic E-state index is 12.2. The molecule has 254 valence electrons. The fourth-order valence-electron chi connectivity index (χ4n) is 9.24. The van der Waals surface area contributed by atoms with Gasteiger partial charge in [0.15, 0.2) is 0 Å². The van der Waals surface area contributed by atoms with Crippen molar-refractivity contribution < 1.29 is 5.11 Å². The molecule has 11 rings (SSSR count). The number of benzene rings is 7. The molecule has 54 heavy (non-hydrogen) atoms. The van der Waals surface area contributed by atoms with Gasteiger partial charge in [0.25, 0.3) is 0 Å². The van der Waals surface area contributed by atoms with Gasteiger partial charge in [-0.3, -0.25) is 4.98 Å². The minimum absolute atomic E-state index is 0.0963. The van der Waals surface area contributed by atoms with Crippen LogP contribution in [0.15, 0.2) is 152 Å². The van der Waals surface area contributed by atoms with Crippen LogP contribution >= 0.6 is 0 Å². The molecule has 3 nitrogen and oxygen atoms in total. The third kappa shape index (κ3) is 4.43. The number of aromatic hydroxyl groups is 1. The van der Waals surface area contributed by atoms with Gasteiger partial charge in [-0.2, -0.15) is 0 Å². The third-order valence-electron chi connectivity index (χ3n) is 11.8. The molecular weight excluding hydrogens is 655 g/mol. The van der Waals surface area contributed by atoms with Crippen LogP contribution in [0.2, 0.25) is 0 Å². The van der Waals surface area contributed by atoms with Gasteiger partial charge < -0.3 is 5.11 Å². The number of pyridine rings is 2. The van der Waals surface area contributed by atoms with E-state index in [-0.39, 0.29) is 17.9 Å². The minimum Gasteiger partial charge on any atom is -0.507 e. The maximum atomic E-state index is 12.2. The van der Waals surface area contributed by atoms with E-state index in [2.05, 4.69) is 154 Å². The Kier molecular flexibility index (Phi) is 6.47. The van der Waals surface area contributed by atoms with Crippen molar-refractivity contribution in [2.75, 3.05) is 0 Å². The molecule has 2 aliphatic heterocycles. The SMILES string of the molecule is CC(C)(C)c1cc(-c2cc(-c3ccccc3)ccn2)cc(-c2ccc3c4ccccc4c4c5c(cc(O)c4c3n2)B2c3ccccc3-c3cccc-5c32)c1. The second-order valence-electron chi connectivity index (χ2n) is 15.9. The van der Waals surface area contributed by atoms with Crippen LogP contribution in [0.4, 0.5) is 0 Å². The first-order valence-corrected chi connectivity index (χ1v) is 18.7.